The molecule has 2 heterocycles. The number of nitro groups is 1. The third-order valence-corrected chi connectivity index (χ3v) is 5.54. The van der Waals surface area contributed by atoms with E-state index in [-0.39, 0.29) is 22.5 Å². The Balaban J connectivity index is 1.89. The molecule has 0 unspecified atom stereocenters. The molecule has 122 valence electrons. The van der Waals surface area contributed by atoms with E-state index in [4.69, 9.17) is 0 Å². The molecule has 3 rings (SSSR count). The molecule has 8 nitrogen and oxygen atoms in total. The van der Waals surface area contributed by atoms with Gasteiger partial charge in [-0.3, -0.25) is 15.1 Å². The molecule has 9 heteroatoms. The summed E-state index contributed by atoms with van der Waals surface area (Å²) < 4.78 is 24.9. The third-order valence-electron chi connectivity index (χ3n) is 3.87. The molecular formula is C14H16N4O4S. The lowest BCUT2D eigenvalue weighted by Gasteiger charge is -2.22. The van der Waals surface area contributed by atoms with E-state index in [1.807, 2.05) is 0 Å². The molecule has 1 aliphatic rings. The Morgan fingerprint density at radius 1 is 1.30 bits per heavy atom. The zero-order chi connectivity index (χ0) is 16.4. The highest BCUT2D eigenvalue weighted by Gasteiger charge is 2.24. The van der Waals surface area contributed by atoms with Crippen molar-refractivity contribution in [2.45, 2.75) is 30.3 Å². The fourth-order valence-corrected chi connectivity index (χ4v) is 4.10. The predicted molar refractivity (Wildman–Crippen MR) is 83.9 cm³/mol. The summed E-state index contributed by atoms with van der Waals surface area (Å²) in [4.78, 5) is 18.3. The molecule has 1 aliphatic heterocycles. The van der Waals surface area contributed by atoms with E-state index in [1.165, 1.54) is 24.4 Å². The summed E-state index contributed by atoms with van der Waals surface area (Å²) in [6.07, 6.45) is 4.07. The fourth-order valence-electron chi connectivity index (χ4n) is 2.66. The molecule has 0 amide bonds. The van der Waals surface area contributed by atoms with E-state index in [0.29, 0.717) is 11.0 Å². The van der Waals surface area contributed by atoms with Crippen molar-refractivity contribution in [2.24, 2.45) is 0 Å². The SMILES string of the molecule is O=[N+]([O-])c1ccc2nc(S(=O)(=O)C[C@H]3CCCCN3)cnc2c1. The summed E-state index contributed by atoms with van der Waals surface area (Å²) in [5, 5.41) is 13.9. The van der Waals surface area contributed by atoms with E-state index in [0.717, 1.165) is 25.8 Å². The Kier molecular flexibility index (Phi) is 4.22. The Labute approximate surface area is 133 Å². The summed E-state index contributed by atoms with van der Waals surface area (Å²) in [5.74, 6) is -0.0137. The summed E-state index contributed by atoms with van der Waals surface area (Å²) >= 11 is 0. The number of hydrogen-bond acceptors (Lipinski definition) is 7. The smallest absolute Gasteiger partial charge is 0.271 e. The number of non-ortho nitro benzene ring substituents is 1. The van der Waals surface area contributed by atoms with E-state index in [1.54, 1.807) is 0 Å². The highest BCUT2D eigenvalue weighted by Crippen LogP contribution is 2.20. The molecule has 23 heavy (non-hydrogen) atoms. The van der Waals surface area contributed by atoms with Gasteiger partial charge in [0, 0.05) is 18.2 Å². The Bertz CT molecular complexity index is 847. The average molecular weight is 336 g/mol. The number of nitrogens with one attached hydrogen (secondary N) is 1. The van der Waals surface area contributed by atoms with Crippen LogP contribution < -0.4 is 5.32 Å². The number of nitrogens with zero attached hydrogens (tertiary/aromatic N) is 3. The van der Waals surface area contributed by atoms with Gasteiger partial charge < -0.3 is 5.32 Å². The van der Waals surface area contributed by atoms with Gasteiger partial charge in [-0.1, -0.05) is 6.42 Å². The first kappa shape index (κ1) is 15.8. The molecule has 1 fully saturated rings. The van der Waals surface area contributed by atoms with Crippen LogP contribution in [0.25, 0.3) is 11.0 Å². The van der Waals surface area contributed by atoms with E-state index < -0.39 is 14.8 Å². The Morgan fingerprint density at radius 3 is 2.83 bits per heavy atom. The van der Waals surface area contributed by atoms with Gasteiger partial charge in [-0.05, 0) is 25.5 Å². The minimum atomic E-state index is -3.55. The number of aromatic nitrogens is 2. The fraction of sp³-hybridized carbons (Fsp3) is 0.429. The van der Waals surface area contributed by atoms with Crippen LogP contribution in [0.15, 0.2) is 29.4 Å². The van der Waals surface area contributed by atoms with Gasteiger partial charge in [-0.15, -0.1) is 0 Å². The highest BCUT2D eigenvalue weighted by atomic mass is 32.2. The molecular weight excluding hydrogens is 320 g/mol. The van der Waals surface area contributed by atoms with Gasteiger partial charge in [0.05, 0.1) is 27.9 Å². The lowest BCUT2D eigenvalue weighted by atomic mass is 10.1. The number of rotatable bonds is 4. The number of nitro benzene ring substituents is 1. The van der Waals surface area contributed by atoms with Gasteiger partial charge >= 0.3 is 0 Å². The van der Waals surface area contributed by atoms with Crippen molar-refractivity contribution in [3.63, 3.8) is 0 Å². The van der Waals surface area contributed by atoms with Gasteiger partial charge in [0.1, 0.15) is 0 Å². The molecule has 1 aromatic heterocycles. The maximum absolute atomic E-state index is 12.5. The summed E-state index contributed by atoms with van der Waals surface area (Å²) in [6, 6.07) is 3.92. The molecule has 1 aromatic carbocycles. The first-order valence-corrected chi connectivity index (χ1v) is 8.98. The Morgan fingerprint density at radius 2 is 2.13 bits per heavy atom. The molecule has 1 atom stereocenters. The van der Waals surface area contributed by atoms with Gasteiger partial charge in [0.2, 0.25) is 0 Å². The van der Waals surface area contributed by atoms with Crippen molar-refractivity contribution >= 4 is 26.6 Å². The van der Waals surface area contributed by atoms with Crippen LogP contribution in [-0.4, -0.2) is 41.6 Å². The molecule has 0 spiro atoms. The second-order valence-electron chi connectivity index (χ2n) is 5.57. The zero-order valence-corrected chi connectivity index (χ0v) is 13.1. The van der Waals surface area contributed by atoms with Crippen LogP contribution in [0.1, 0.15) is 19.3 Å². The first-order chi connectivity index (χ1) is 11.0. The van der Waals surface area contributed by atoms with Crippen LogP contribution in [0.3, 0.4) is 0 Å². The highest BCUT2D eigenvalue weighted by molar-refractivity contribution is 7.91. The van der Waals surface area contributed by atoms with Crippen LogP contribution in [0.2, 0.25) is 0 Å². The standard InChI is InChI=1S/C14H16N4O4S/c19-18(20)11-4-5-12-13(7-11)16-8-14(17-12)23(21,22)9-10-3-1-2-6-15-10/h4-5,7-8,10,15H,1-3,6,9H2/t10-/m1/s1. The largest absolute Gasteiger partial charge is 0.313 e. The quantitative estimate of drug-likeness (QED) is 0.663. The normalized spacial score (nSPS) is 18.9. The van der Waals surface area contributed by atoms with Crippen molar-refractivity contribution in [3.8, 4) is 0 Å². The molecule has 1 N–H and O–H groups in total. The van der Waals surface area contributed by atoms with Gasteiger partial charge in [0.15, 0.2) is 14.9 Å². The topological polar surface area (TPSA) is 115 Å². The van der Waals surface area contributed by atoms with E-state index in [9.17, 15) is 18.5 Å². The summed E-state index contributed by atoms with van der Waals surface area (Å²) in [5.41, 5.74) is 0.524. The zero-order valence-electron chi connectivity index (χ0n) is 12.3. The van der Waals surface area contributed by atoms with E-state index in [2.05, 4.69) is 15.3 Å². The van der Waals surface area contributed by atoms with Crippen LogP contribution in [0.4, 0.5) is 5.69 Å². The molecule has 0 radical (unpaired) electrons. The minimum Gasteiger partial charge on any atom is -0.313 e. The van der Waals surface area contributed by atoms with Crippen LogP contribution >= 0.6 is 0 Å². The third kappa shape index (κ3) is 3.45. The predicted octanol–water partition coefficient (Wildman–Crippen LogP) is 1.45. The molecule has 2 aromatic rings. The Hall–Kier alpha value is -2.13. The number of benzene rings is 1. The number of piperidine rings is 1. The van der Waals surface area contributed by atoms with Gasteiger partial charge in [-0.2, -0.15) is 0 Å². The average Bonchev–Trinajstić information content (AvgIpc) is 2.54. The van der Waals surface area contributed by atoms with Crippen molar-refractivity contribution < 1.29 is 13.3 Å². The summed E-state index contributed by atoms with van der Waals surface area (Å²) in [6.45, 7) is 0.827. The summed E-state index contributed by atoms with van der Waals surface area (Å²) in [7, 11) is -3.55. The van der Waals surface area contributed by atoms with Crippen molar-refractivity contribution in [1.82, 2.24) is 15.3 Å². The minimum absolute atomic E-state index is 0.0137. The first-order valence-electron chi connectivity index (χ1n) is 7.33. The van der Waals surface area contributed by atoms with Crippen molar-refractivity contribution in [1.29, 1.82) is 0 Å². The number of hydrogen-bond donors (Lipinski definition) is 1. The van der Waals surface area contributed by atoms with Crippen molar-refractivity contribution in [2.75, 3.05) is 12.3 Å². The van der Waals surface area contributed by atoms with Crippen LogP contribution in [0, 0.1) is 10.1 Å². The lowest BCUT2D eigenvalue weighted by molar-refractivity contribution is -0.384. The maximum Gasteiger partial charge on any atom is 0.271 e. The molecule has 0 saturated carbocycles. The van der Waals surface area contributed by atoms with Gasteiger partial charge in [0.25, 0.3) is 5.69 Å². The molecule has 1 saturated heterocycles. The lowest BCUT2D eigenvalue weighted by Crippen LogP contribution is -2.39. The van der Waals surface area contributed by atoms with Gasteiger partial charge in [-0.25, -0.2) is 13.4 Å². The monoisotopic (exact) mass is 336 g/mol. The van der Waals surface area contributed by atoms with Crippen LogP contribution in [0.5, 0.6) is 0 Å². The second-order valence-corrected chi connectivity index (χ2v) is 7.55. The van der Waals surface area contributed by atoms with Crippen molar-refractivity contribution in [3.05, 3.63) is 34.5 Å². The maximum atomic E-state index is 12.5. The molecule has 0 aliphatic carbocycles. The van der Waals surface area contributed by atoms with Crippen LogP contribution in [-0.2, 0) is 9.84 Å². The number of sulfone groups is 1. The van der Waals surface area contributed by atoms with E-state index >= 15 is 0 Å². The second kappa shape index (κ2) is 6.17. The molecule has 0 bridgehead atoms. The number of fused-ring (bicyclic) bond motifs is 1.